The van der Waals surface area contributed by atoms with Crippen LogP contribution >= 0.6 is 0 Å². The van der Waals surface area contributed by atoms with Crippen molar-refractivity contribution in [1.29, 1.82) is 0 Å². The Bertz CT molecular complexity index is 1460. The van der Waals surface area contributed by atoms with Crippen LogP contribution in [0.4, 0.5) is 4.79 Å². The molecule has 2 heterocycles. The lowest BCUT2D eigenvalue weighted by Crippen LogP contribution is -2.63. The number of nitrogens with zero attached hydrogens (tertiary/aromatic N) is 2. The van der Waals surface area contributed by atoms with Gasteiger partial charge in [0.25, 0.3) is 5.91 Å². The molecule has 13 heteroatoms. The molecule has 2 aliphatic heterocycles. The van der Waals surface area contributed by atoms with Crippen molar-refractivity contribution in [1.82, 2.24) is 31.1 Å². The number of piperidine rings is 2. The summed E-state index contributed by atoms with van der Waals surface area (Å²) in [5.74, 6) is -1.11. The molecule has 3 aliphatic rings. The molecule has 282 valence electrons. The first-order valence-electron chi connectivity index (χ1n) is 17.7. The molecule has 3 rings (SSSR count). The number of terminal acetylenes is 1. The molecule has 0 radical (unpaired) electrons. The normalized spacial score (nSPS) is 23.9. The lowest BCUT2D eigenvalue weighted by molar-refractivity contribution is -0.153. The van der Waals surface area contributed by atoms with Crippen LogP contribution in [0.15, 0.2) is 12.7 Å². The molecular formula is C38H58N6O7. The molecule has 1 unspecified atom stereocenters. The number of rotatable bonds is 13. The Morgan fingerprint density at radius 2 is 1.55 bits per heavy atom. The molecule has 1 saturated carbocycles. The van der Waals surface area contributed by atoms with E-state index < -0.39 is 69.9 Å². The molecule has 3 fully saturated rings. The number of hydrogen-bond acceptors (Lipinski definition) is 7. The monoisotopic (exact) mass is 710 g/mol. The van der Waals surface area contributed by atoms with Gasteiger partial charge in [-0.2, -0.15) is 0 Å². The SMILES string of the molecule is C#CCCC(NC(=O)[C@@H]1[C@@H]2[C@H](CN1C(=O)[C@@H](NC(=O)N[C@@H](CN1C(=O)CC(C)(C)CC1=O)C(C)(C)C)C(C)(C)C)C2(C)C)C(=O)C(=O)NCC=C. The summed E-state index contributed by atoms with van der Waals surface area (Å²) in [6.45, 7) is 22.7. The highest BCUT2D eigenvalue weighted by Gasteiger charge is 2.70. The third-order valence-electron chi connectivity index (χ3n) is 10.6. The van der Waals surface area contributed by atoms with Crippen LogP contribution < -0.4 is 21.3 Å². The van der Waals surface area contributed by atoms with E-state index in [1.165, 1.54) is 15.9 Å². The van der Waals surface area contributed by atoms with Gasteiger partial charge in [-0.05, 0) is 39.9 Å². The fourth-order valence-electron chi connectivity index (χ4n) is 7.26. The standard InChI is InChI=1S/C38H58N6O7/c1-13-15-16-23(29(47)32(49)39-17-14-2)40-31(48)28-27-22(38(27,11)12)20-44(28)33(50)30(36(6,7)8)42-34(51)41-24(35(3,4)5)21-43-25(45)18-37(9,10)19-26(43)46/h1,14,22-24,27-28,30H,2,15-21H2,3-12H3,(H,39,49)(H,40,48)(H2,41,42,51)/t22-,23?,24-,27-,28-,30+/m0/s1. The van der Waals surface area contributed by atoms with Crippen molar-refractivity contribution in [3.8, 4) is 12.3 Å². The molecule has 1 aliphatic carbocycles. The molecule has 0 aromatic heterocycles. The maximum absolute atomic E-state index is 14.4. The van der Waals surface area contributed by atoms with Gasteiger partial charge < -0.3 is 26.2 Å². The second-order valence-electron chi connectivity index (χ2n) is 17.8. The number of imide groups is 1. The van der Waals surface area contributed by atoms with Crippen LogP contribution in [0.3, 0.4) is 0 Å². The van der Waals surface area contributed by atoms with Gasteiger partial charge in [0.05, 0.1) is 12.1 Å². The van der Waals surface area contributed by atoms with Gasteiger partial charge >= 0.3 is 6.03 Å². The van der Waals surface area contributed by atoms with Crippen molar-refractivity contribution < 1.29 is 33.6 Å². The van der Waals surface area contributed by atoms with Crippen LogP contribution in [-0.4, -0.2) is 95.0 Å². The van der Waals surface area contributed by atoms with Crippen molar-refractivity contribution in [2.24, 2.45) is 33.5 Å². The van der Waals surface area contributed by atoms with Gasteiger partial charge in [-0.25, -0.2) is 4.79 Å². The zero-order valence-corrected chi connectivity index (χ0v) is 32.0. The van der Waals surface area contributed by atoms with Gasteiger partial charge in [0, 0.05) is 38.9 Å². The first-order chi connectivity index (χ1) is 23.4. The molecule has 51 heavy (non-hydrogen) atoms. The van der Waals surface area contributed by atoms with E-state index in [4.69, 9.17) is 6.42 Å². The number of ketones is 1. The lowest BCUT2D eigenvalue weighted by Gasteiger charge is -2.40. The minimum atomic E-state index is -1.20. The fraction of sp³-hybridized carbons (Fsp3) is 0.711. The number of Topliss-reactive ketones (excluding diaryl/α,β-unsaturated/α-hetero) is 1. The van der Waals surface area contributed by atoms with E-state index in [1.54, 1.807) is 20.8 Å². The van der Waals surface area contributed by atoms with Gasteiger partial charge in [0.2, 0.25) is 29.4 Å². The number of hydrogen-bond donors (Lipinski definition) is 4. The summed E-state index contributed by atoms with van der Waals surface area (Å²) < 4.78 is 0. The van der Waals surface area contributed by atoms with Crippen LogP contribution in [0.2, 0.25) is 0 Å². The number of urea groups is 1. The van der Waals surface area contributed by atoms with E-state index in [2.05, 4.69) is 33.8 Å². The number of likely N-dealkylation sites (tertiary alicyclic amines) is 2. The minimum absolute atomic E-state index is 0.0114. The summed E-state index contributed by atoms with van der Waals surface area (Å²) in [5, 5.41) is 10.9. The minimum Gasteiger partial charge on any atom is -0.346 e. The highest BCUT2D eigenvalue weighted by atomic mass is 16.2. The van der Waals surface area contributed by atoms with E-state index in [9.17, 15) is 33.6 Å². The van der Waals surface area contributed by atoms with Crippen molar-refractivity contribution in [2.45, 2.75) is 119 Å². The average molecular weight is 711 g/mol. The fourth-order valence-corrected chi connectivity index (χ4v) is 7.26. The number of carbonyl (C=O) groups is 7. The van der Waals surface area contributed by atoms with E-state index in [0.717, 1.165) is 0 Å². The van der Waals surface area contributed by atoms with E-state index in [-0.39, 0.29) is 74.4 Å². The predicted octanol–water partition coefficient (Wildman–Crippen LogP) is 2.54. The highest BCUT2D eigenvalue weighted by molar-refractivity contribution is 6.38. The summed E-state index contributed by atoms with van der Waals surface area (Å²) in [7, 11) is 0. The van der Waals surface area contributed by atoms with E-state index in [0.29, 0.717) is 0 Å². The second-order valence-corrected chi connectivity index (χ2v) is 17.8. The molecule has 2 saturated heterocycles. The Morgan fingerprint density at radius 1 is 0.961 bits per heavy atom. The second kappa shape index (κ2) is 15.2. The average Bonchev–Trinajstić information content (AvgIpc) is 3.31. The van der Waals surface area contributed by atoms with Gasteiger partial charge in [0.1, 0.15) is 12.1 Å². The lowest BCUT2D eigenvalue weighted by atomic mass is 9.80. The third-order valence-corrected chi connectivity index (χ3v) is 10.6. The smallest absolute Gasteiger partial charge is 0.315 e. The number of nitrogens with one attached hydrogen (secondary N) is 4. The Hall–Kier alpha value is -4.21. The molecule has 0 spiro atoms. The first-order valence-corrected chi connectivity index (χ1v) is 17.7. The Morgan fingerprint density at radius 3 is 2.06 bits per heavy atom. The Labute approximate surface area is 302 Å². The molecule has 4 N–H and O–H groups in total. The quantitative estimate of drug-likeness (QED) is 0.0984. The summed E-state index contributed by atoms with van der Waals surface area (Å²) in [6.07, 6.45) is 7.47. The largest absolute Gasteiger partial charge is 0.346 e. The van der Waals surface area contributed by atoms with Crippen molar-refractivity contribution in [3.63, 3.8) is 0 Å². The van der Waals surface area contributed by atoms with Crippen molar-refractivity contribution in [3.05, 3.63) is 12.7 Å². The summed E-state index contributed by atoms with van der Waals surface area (Å²) in [5.41, 5.74) is -2.05. The predicted molar refractivity (Wildman–Crippen MR) is 192 cm³/mol. The topological polar surface area (TPSA) is 174 Å². The Balaban J connectivity index is 1.83. The van der Waals surface area contributed by atoms with Crippen LogP contribution in [0, 0.1) is 45.8 Å². The molecule has 13 nitrogen and oxygen atoms in total. The maximum atomic E-state index is 14.4. The summed E-state index contributed by atoms with van der Waals surface area (Å²) >= 11 is 0. The van der Waals surface area contributed by atoms with Gasteiger partial charge in [-0.3, -0.25) is 33.7 Å². The summed E-state index contributed by atoms with van der Waals surface area (Å²) in [4.78, 5) is 96.3. The number of carbonyl (C=O) groups excluding carboxylic acids is 7. The molecule has 0 aromatic carbocycles. The zero-order chi connectivity index (χ0) is 38.9. The highest BCUT2D eigenvalue weighted by Crippen LogP contribution is 2.65. The Kier molecular flexibility index (Phi) is 12.3. The van der Waals surface area contributed by atoms with E-state index in [1.807, 2.05) is 48.5 Å². The molecular weight excluding hydrogens is 652 g/mol. The summed E-state index contributed by atoms with van der Waals surface area (Å²) in [6, 6.07) is -4.51. The van der Waals surface area contributed by atoms with Gasteiger partial charge in [0.15, 0.2) is 0 Å². The van der Waals surface area contributed by atoms with Gasteiger partial charge in [-0.1, -0.05) is 75.3 Å². The first kappa shape index (κ1) is 41.2. The van der Waals surface area contributed by atoms with Crippen LogP contribution in [0.25, 0.3) is 0 Å². The van der Waals surface area contributed by atoms with Crippen molar-refractivity contribution >= 4 is 41.4 Å². The van der Waals surface area contributed by atoms with Crippen LogP contribution in [0.1, 0.15) is 94.9 Å². The van der Waals surface area contributed by atoms with E-state index >= 15 is 0 Å². The maximum Gasteiger partial charge on any atom is 0.315 e. The number of fused-ring (bicyclic) bond motifs is 1. The molecule has 0 bridgehead atoms. The third kappa shape index (κ3) is 9.57. The number of amides is 7. The molecule has 0 aromatic rings. The molecule has 6 atom stereocenters. The zero-order valence-electron chi connectivity index (χ0n) is 32.0. The van der Waals surface area contributed by atoms with Crippen LogP contribution in [0.5, 0.6) is 0 Å². The van der Waals surface area contributed by atoms with Gasteiger partial charge in [-0.15, -0.1) is 18.9 Å². The van der Waals surface area contributed by atoms with Crippen molar-refractivity contribution in [2.75, 3.05) is 19.6 Å². The van der Waals surface area contributed by atoms with Crippen LogP contribution in [-0.2, 0) is 28.8 Å². The molecule has 7 amide bonds.